The van der Waals surface area contributed by atoms with E-state index in [2.05, 4.69) is 0 Å². The van der Waals surface area contributed by atoms with Gasteiger partial charge in [-0.25, -0.2) is 9.18 Å². The fourth-order valence-electron chi connectivity index (χ4n) is 2.31. The Bertz CT molecular complexity index is 740. The molecule has 3 nitrogen and oxygen atoms in total. The Labute approximate surface area is 148 Å². The van der Waals surface area contributed by atoms with E-state index in [4.69, 9.17) is 4.74 Å². The topological polar surface area (TPSA) is 43.4 Å². The first-order valence-corrected chi connectivity index (χ1v) is 9.53. The average Bonchev–Trinajstić information content (AvgIpc) is 3.14. The molecule has 1 aliphatic rings. The third-order valence-electron chi connectivity index (χ3n) is 3.55. The minimum Gasteiger partial charge on any atom is -0.454 e. The highest BCUT2D eigenvalue weighted by molar-refractivity contribution is 8.19. The van der Waals surface area contributed by atoms with E-state index in [1.54, 1.807) is 18.2 Å². The predicted octanol–water partition coefficient (Wildman–Crippen LogP) is 4.34. The van der Waals surface area contributed by atoms with E-state index in [-0.39, 0.29) is 5.56 Å². The number of carbonyl (C=O) groups excluding carboxylic acids is 2. The largest absolute Gasteiger partial charge is 0.454 e. The maximum Gasteiger partial charge on any atom is 0.338 e. The summed E-state index contributed by atoms with van der Waals surface area (Å²) in [4.78, 5) is 23.9. The molecule has 2 aromatic rings. The number of ether oxygens (including phenoxy) is 1. The second-order valence-corrected chi connectivity index (χ2v) is 7.90. The lowest BCUT2D eigenvalue weighted by Gasteiger charge is -2.09. The SMILES string of the molecule is O=C(OCC(=O)c1ccccc1F)c1ccc(C2SCCS2)cc1. The Morgan fingerprint density at radius 3 is 2.38 bits per heavy atom. The van der Waals surface area contributed by atoms with E-state index in [0.717, 1.165) is 11.5 Å². The molecular weight excluding hydrogens is 347 g/mol. The Morgan fingerprint density at radius 1 is 1.04 bits per heavy atom. The first-order chi connectivity index (χ1) is 11.6. The molecule has 24 heavy (non-hydrogen) atoms. The highest BCUT2D eigenvalue weighted by Crippen LogP contribution is 2.45. The molecule has 0 N–H and O–H groups in total. The van der Waals surface area contributed by atoms with Gasteiger partial charge >= 0.3 is 5.97 Å². The second-order valence-electron chi connectivity index (χ2n) is 5.17. The van der Waals surface area contributed by atoms with Crippen molar-refractivity contribution in [1.82, 2.24) is 0 Å². The zero-order chi connectivity index (χ0) is 16.9. The zero-order valence-corrected chi connectivity index (χ0v) is 14.4. The molecule has 0 radical (unpaired) electrons. The number of hydrogen-bond acceptors (Lipinski definition) is 5. The third kappa shape index (κ3) is 3.99. The van der Waals surface area contributed by atoms with Gasteiger partial charge in [-0.3, -0.25) is 4.79 Å². The Hall–Kier alpha value is -1.79. The number of rotatable bonds is 5. The van der Waals surface area contributed by atoms with Gasteiger partial charge in [0.2, 0.25) is 5.78 Å². The van der Waals surface area contributed by atoms with Crippen LogP contribution in [0.5, 0.6) is 0 Å². The average molecular weight is 362 g/mol. The van der Waals surface area contributed by atoms with E-state index in [1.165, 1.54) is 23.8 Å². The summed E-state index contributed by atoms with van der Waals surface area (Å²) in [7, 11) is 0. The number of hydrogen-bond donors (Lipinski definition) is 0. The number of esters is 1. The highest BCUT2D eigenvalue weighted by atomic mass is 32.2. The van der Waals surface area contributed by atoms with E-state index in [0.29, 0.717) is 10.1 Å². The van der Waals surface area contributed by atoms with Crippen molar-refractivity contribution >= 4 is 35.3 Å². The molecular formula is C18H15FO3S2. The van der Waals surface area contributed by atoms with Gasteiger partial charge in [0.25, 0.3) is 0 Å². The zero-order valence-electron chi connectivity index (χ0n) is 12.7. The molecule has 124 valence electrons. The molecule has 6 heteroatoms. The van der Waals surface area contributed by atoms with Crippen molar-refractivity contribution in [3.05, 3.63) is 71.0 Å². The molecule has 1 aliphatic heterocycles. The standard InChI is InChI=1S/C18H15FO3S2/c19-15-4-2-1-3-14(15)16(20)11-22-17(21)12-5-7-13(8-6-12)18-23-9-10-24-18/h1-8,18H,9-11H2. The third-order valence-corrected chi connectivity index (χ3v) is 6.65. The normalized spacial score (nSPS) is 14.5. The maximum atomic E-state index is 13.5. The monoisotopic (exact) mass is 362 g/mol. The molecule has 0 spiro atoms. The summed E-state index contributed by atoms with van der Waals surface area (Å²) in [5, 5.41) is 0. The van der Waals surface area contributed by atoms with Crippen LogP contribution in [0, 0.1) is 5.82 Å². The second kappa shape index (κ2) is 7.85. The molecule has 1 fully saturated rings. The van der Waals surface area contributed by atoms with Crippen LogP contribution in [0.25, 0.3) is 0 Å². The van der Waals surface area contributed by atoms with Gasteiger partial charge in [0.15, 0.2) is 6.61 Å². The summed E-state index contributed by atoms with van der Waals surface area (Å²) in [6.07, 6.45) is 0. The van der Waals surface area contributed by atoms with Gasteiger partial charge < -0.3 is 4.74 Å². The van der Waals surface area contributed by atoms with Crippen LogP contribution in [0.2, 0.25) is 0 Å². The lowest BCUT2D eigenvalue weighted by Crippen LogP contribution is -2.15. The van der Waals surface area contributed by atoms with Crippen molar-refractivity contribution in [2.75, 3.05) is 18.1 Å². The number of carbonyl (C=O) groups is 2. The number of ketones is 1. The van der Waals surface area contributed by atoms with E-state index >= 15 is 0 Å². The summed E-state index contributed by atoms with van der Waals surface area (Å²) in [5.41, 5.74) is 1.48. The van der Waals surface area contributed by atoms with Crippen LogP contribution in [0.1, 0.15) is 30.9 Å². The maximum absolute atomic E-state index is 13.5. The van der Waals surface area contributed by atoms with Crippen LogP contribution in [0.3, 0.4) is 0 Å². The van der Waals surface area contributed by atoms with Crippen molar-refractivity contribution in [3.63, 3.8) is 0 Å². The lowest BCUT2D eigenvalue weighted by atomic mass is 10.1. The number of benzene rings is 2. The molecule has 0 unspecified atom stereocenters. The number of thioether (sulfide) groups is 2. The lowest BCUT2D eigenvalue weighted by molar-refractivity contribution is 0.0473. The van der Waals surface area contributed by atoms with Crippen LogP contribution >= 0.6 is 23.5 Å². The van der Waals surface area contributed by atoms with Gasteiger partial charge in [0, 0.05) is 11.5 Å². The van der Waals surface area contributed by atoms with Crippen molar-refractivity contribution in [2.45, 2.75) is 4.58 Å². The van der Waals surface area contributed by atoms with Gasteiger partial charge in [-0.2, -0.15) is 0 Å². The molecule has 0 bridgehead atoms. The number of halogens is 1. The molecule has 0 amide bonds. The molecule has 0 aliphatic carbocycles. The number of Topliss-reactive ketones (excluding diaryl/α,β-unsaturated/α-hetero) is 1. The quantitative estimate of drug-likeness (QED) is 0.585. The highest BCUT2D eigenvalue weighted by Gasteiger charge is 2.19. The summed E-state index contributed by atoms with van der Waals surface area (Å²) >= 11 is 3.78. The fraction of sp³-hybridized carbons (Fsp3) is 0.222. The molecule has 2 aromatic carbocycles. The molecule has 1 heterocycles. The van der Waals surface area contributed by atoms with Gasteiger partial charge in [0.1, 0.15) is 5.82 Å². The minimum absolute atomic E-state index is 0.0732. The van der Waals surface area contributed by atoms with E-state index in [9.17, 15) is 14.0 Å². The molecule has 0 aromatic heterocycles. The first kappa shape index (κ1) is 17.0. The smallest absolute Gasteiger partial charge is 0.338 e. The molecule has 3 rings (SSSR count). The predicted molar refractivity (Wildman–Crippen MR) is 95.1 cm³/mol. The minimum atomic E-state index is -0.616. The van der Waals surface area contributed by atoms with Crippen molar-refractivity contribution in [1.29, 1.82) is 0 Å². The summed E-state index contributed by atoms with van der Waals surface area (Å²) in [6, 6.07) is 12.9. The van der Waals surface area contributed by atoms with Crippen molar-refractivity contribution < 1.29 is 18.7 Å². The van der Waals surface area contributed by atoms with Crippen LogP contribution in [-0.4, -0.2) is 29.9 Å². The summed E-state index contributed by atoms with van der Waals surface area (Å²) < 4.78 is 18.9. The van der Waals surface area contributed by atoms with Crippen molar-refractivity contribution in [2.24, 2.45) is 0 Å². The van der Waals surface area contributed by atoms with Crippen LogP contribution in [0.15, 0.2) is 48.5 Å². The van der Waals surface area contributed by atoms with Gasteiger partial charge in [0.05, 0.1) is 15.7 Å². The van der Waals surface area contributed by atoms with Gasteiger partial charge in [-0.05, 0) is 29.8 Å². The Balaban J connectivity index is 1.58. The van der Waals surface area contributed by atoms with Crippen LogP contribution in [0.4, 0.5) is 4.39 Å². The van der Waals surface area contributed by atoms with E-state index < -0.39 is 24.2 Å². The van der Waals surface area contributed by atoms with E-state index in [1.807, 2.05) is 35.7 Å². The van der Waals surface area contributed by atoms with Crippen LogP contribution < -0.4 is 0 Å². The molecule has 0 saturated carbocycles. The molecule has 0 atom stereocenters. The Morgan fingerprint density at radius 2 is 1.71 bits per heavy atom. The summed E-state index contributed by atoms with van der Waals surface area (Å²) in [6.45, 7) is -0.476. The van der Waals surface area contributed by atoms with Crippen molar-refractivity contribution in [3.8, 4) is 0 Å². The van der Waals surface area contributed by atoms with Crippen LogP contribution in [-0.2, 0) is 4.74 Å². The summed E-state index contributed by atoms with van der Waals surface area (Å²) in [5.74, 6) is 0.512. The fourth-order valence-corrected chi connectivity index (χ4v) is 5.17. The van der Waals surface area contributed by atoms with Gasteiger partial charge in [-0.15, -0.1) is 23.5 Å². The molecule has 1 saturated heterocycles. The van der Waals surface area contributed by atoms with Gasteiger partial charge in [-0.1, -0.05) is 24.3 Å². The Kier molecular flexibility index (Phi) is 5.58. The first-order valence-electron chi connectivity index (χ1n) is 7.43.